The number of alkyl halides is 3. The van der Waals surface area contributed by atoms with Gasteiger partial charge in [0.15, 0.2) is 0 Å². The normalized spacial score (nSPS) is 14.6. The van der Waals surface area contributed by atoms with Crippen LogP contribution in [0.15, 0.2) is 24.3 Å². The summed E-state index contributed by atoms with van der Waals surface area (Å²) < 4.78 is 40.6. The standard InChI is InChI=1S/C20H22F3NO2.C4H9NO/c1-12-17(19(25)26)13(2)24(16-6-4-3-5-7-16)18(12)14-8-10-15(11-9-14)20(21,22)23;1-2-3-4(5)6/h8-11,16H,3-7H2,1-2H3,(H,25,26);2-3H2,1H3,(H2,5,6). The van der Waals surface area contributed by atoms with E-state index in [9.17, 15) is 27.9 Å². The van der Waals surface area contributed by atoms with Gasteiger partial charge in [-0.2, -0.15) is 13.2 Å². The van der Waals surface area contributed by atoms with Crippen molar-refractivity contribution >= 4 is 11.9 Å². The maximum atomic E-state index is 12.9. The summed E-state index contributed by atoms with van der Waals surface area (Å²) >= 11 is 0. The number of amides is 1. The number of hydrogen-bond donors (Lipinski definition) is 2. The highest BCUT2D eigenvalue weighted by Crippen LogP contribution is 2.40. The Bertz CT molecular complexity index is 941. The molecule has 1 heterocycles. The van der Waals surface area contributed by atoms with Crippen molar-refractivity contribution in [3.05, 3.63) is 46.6 Å². The molecule has 5 nitrogen and oxygen atoms in total. The molecule has 0 saturated heterocycles. The Labute approximate surface area is 186 Å². The van der Waals surface area contributed by atoms with Crippen LogP contribution in [-0.4, -0.2) is 21.6 Å². The van der Waals surface area contributed by atoms with Gasteiger partial charge < -0.3 is 15.4 Å². The van der Waals surface area contributed by atoms with Crippen LogP contribution in [0.1, 0.15) is 85.1 Å². The van der Waals surface area contributed by atoms with Crippen LogP contribution >= 0.6 is 0 Å². The van der Waals surface area contributed by atoms with Gasteiger partial charge >= 0.3 is 12.1 Å². The first-order valence-electron chi connectivity index (χ1n) is 10.9. The third kappa shape index (κ3) is 5.93. The number of halogens is 3. The molecule has 2 aromatic rings. The lowest BCUT2D eigenvalue weighted by Crippen LogP contribution is -2.16. The number of aromatic carboxylic acids is 1. The molecule has 0 atom stereocenters. The molecule has 1 aliphatic rings. The van der Waals surface area contributed by atoms with Crippen molar-refractivity contribution < 1.29 is 27.9 Å². The van der Waals surface area contributed by atoms with E-state index < -0.39 is 17.7 Å². The van der Waals surface area contributed by atoms with Crippen molar-refractivity contribution in [3.8, 4) is 11.3 Å². The maximum Gasteiger partial charge on any atom is 0.416 e. The average molecular weight is 453 g/mol. The summed E-state index contributed by atoms with van der Waals surface area (Å²) in [6.45, 7) is 5.45. The fourth-order valence-electron chi connectivity index (χ4n) is 4.39. The predicted octanol–water partition coefficient (Wildman–Crippen LogP) is 6.27. The Kier molecular flexibility index (Phi) is 8.52. The molecule has 0 spiro atoms. The molecular formula is C24H31F3N2O3. The first-order chi connectivity index (χ1) is 15.0. The third-order valence-corrected chi connectivity index (χ3v) is 5.83. The molecule has 0 aliphatic heterocycles. The van der Waals surface area contributed by atoms with Gasteiger partial charge in [-0.25, -0.2) is 4.79 Å². The predicted molar refractivity (Wildman–Crippen MR) is 118 cm³/mol. The van der Waals surface area contributed by atoms with Crippen LogP contribution in [-0.2, 0) is 11.0 Å². The summed E-state index contributed by atoms with van der Waals surface area (Å²) in [6, 6.07) is 5.18. The van der Waals surface area contributed by atoms with E-state index in [1.54, 1.807) is 13.8 Å². The fourth-order valence-corrected chi connectivity index (χ4v) is 4.39. The Morgan fingerprint density at radius 1 is 1.09 bits per heavy atom. The van der Waals surface area contributed by atoms with Crippen LogP contribution < -0.4 is 5.73 Å². The molecular weight excluding hydrogens is 421 g/mol. The van der Waals surface area contributed by atoms with Gasteiger partial charge in [0, 0.05) is 18.2 Å². The number of carbonyl (C=O) groups is 2. The Morgan fingerprint density at radius 2 is 1.66 bits per heavy atom. The highest BCUT2D eigenvalue weighted by molar-refractivity contribution is 5.93. The number of benzene rings is 1. The number of hydrogen-bond acceptors (Lipinski definition) is 2. The average Bonchev–Trinajstić information content (AvgIpc) is 2.98. The van der Waals surface area contributed by atoms with Crippen molar-refractivity contribution in [1.82, 2.24) is 4.57 Å². The molecule has 176 valence electrons. The lowest BCUT2D eigenvalue weighted by atomic mass is 9.94. The van der Waals surface area contributed by atoms with Crippen molar-refractivity contribution in [2.24, 2.45) is 5.73 Å². The summed E-state index contributed by atoms with van der Waals surface area (Å²) in [4.78, 5) is 21.6. The second-order valence-corrected chi connectivity index (χ2v) is 8.19. The number of primary amides is 1. The van der Waals surface area contributed by atoms with Crippen LogP contribution in [0.4, 0.5) is 13.2 Å². The van der Waals surface area contributed by atoms with Crippen LogP contribution in [0, 0.1) is 13.8 Å². The molecule has 1 aromatic carbocycles. The minimum Gasteiger partial charge on any atom is -0.478 e. The SMILES string of the molecule is CCCC(N)=O.Cc1c(C(=O)O)c(C)n(C2CCCCC2)c1-c1ccc(C(F)(F)F)cc1. The van der Waals surface area contributed by atoms with Crippen LogP contribution in [0.5, 0.6) is 0 Å². The van der Waals surface area contributed by atoms with E-state index in [1.165, 1.54) is 12.1 Å². The molecule has 1 saturated carbocycles. The highest BCUT2D eigenvalue weighted by Gasteiger charge is 2.31. The summed E-state index contributed by atoms with van der Waals surface area (Å²) in [6.07, 6.45) is 2.23. The molecule has 1 amide bonds. The summed E-state index contributed by atoms with van der Waals surface area (Å²) in [5.41, 5.74) is 6.95. The van der Waals surface area contributed by atoms with Gasteiger partial charge in [-0.1, -0.05) is 38.3 Å². The minimum atomic E-state index is -4.39. The van der Waals surface area contributed by atoms with Gasteiger partial charge in [0.05, 0.1) is 16.8 Å². The van der Waals surface area contributed by atoms with Crippen LogP contribution in [0.25, 0.3) is 11.3 Å². The van der Waals surface area contributed by atoms with Gasteiger partial charge in [-0.3, -0.25) is 4.79 Å². The summed E-state index contributed by atoms with van der Waals surface area (Å²) in [7, 11) is 0. The van der Waals surface area contributed by atoms with E-state index in [0.717, 1.165) is 56.4 Å². The molecule has 32 heavy (non-hydrogen) atoms. The quantitative estimate of drug-likeness (QED) is 0.561. The van der Waals surface area contributed by atoms with E-state index in [1.807, 2.05) is 11.5 Å². The Hall–Kier alpha value is -2.77. The number of carbonyl (C=O) groups excluding carboxylic acids is 1. The molecule has 0 radical (unpaired) electrons. The fraction of sp³-hybridized carbons (Fsp3) is 0.500. The van der Waals surface area contributed by atoms with Crippen molar-refractivity contribution in [3.63, 3.8) is 0 Å². The van der Waals surface area contributed by atoms with Crippen LogP contribution in [0.2, 0.25) is 0 Å². The van der Waals surface area contributed by atoms with Crippen LogP contribution in [0.3, 0.4) is 0 Å². The lowest BCUT2D eigenvalue weighted by Gasteiger charge is -2.27. The third-order valence-electron chi connectivity index (χ3n) is 5.83. The number of rotatable bonds is 5. The molecule has 3 N–H and O–H groups in total. The smallest absolute Gasteiger partial charge is 0.416 e. The first-order valence-corrected chi connectivity index (χ1v) is 10.9. The largest absolute Gasteiger partial charge is 0.478 e. The summed E-state index contributed by atoms with van der Waals surface area (Å²) in [5, 5.41) is 9.62. The summed E-state index contributed by atoms with van der Waals surface area (Å²) in [5.74, 6) is -1.21. The molecule has 0 unspecified atom stereocenters. The van der Waals surface area contributed by atoms with Crippen molar-refractivity contribution in [1.29, 1.82) is 0 Å². The van der Waals surface area contributed by atoms with E-state index in [0.29, 0.717) is 23.2 Å². The van der Waals surface area contributed by atoms with Gasteiger partial charge in [0.1, 0.15) is 0 Å². The van der Waals surface area contributed by atoms with Gasteiger partial charge in [0.2, 0.25) is 5.91 Å². The van der Waals surface area contributed by atoms with Gasteiger partial charge in [-0.15, -0.1) is 0 Å². The van der Waals surface area contributed by atoms with Gasteiger partial charge in [-0.05, 0) is 56.4 Å². The molecule has 3 rings (SSSR count). The zero-order valence-electron chi connectivity index (χ0n) is 18.8. The topological polar surface area (TPSA) is 85.3 Å². The molecule has 1 fully saturated rings. The number of nitrogens with zero attached hydrogens (tertiary/aromatic N) is 1. The van der Waals surface area contributed by atoms with E-state index in [2.05, 4.69) is 0 Å². The lowest BCUT2D eigenvalue weighted by molar-refractivity contribution is -0.137. The number of carboxylic acids is 1. The first kappa shape index (κ1) is 25.5. The molecule has 0 bridgehead atoms. The monoisotopic (exact) mass is 452 g/mol. The van der Waals surface area contributed by atoms with E-state index in [-0.39, 0.29) is 17.5 Å². The van der Waals surface area contributed by atoms with Gasteiger partial charge in [0.25, 0.3) is 0 Å². The second kappa shape index (κ2) is 10.7. The molecule has 1 aliphatic carbocycles. The zero-order chi connectivity index (χ0) is 24.1. The van der Waals surface area contributed by atoms with E-state index in [4.69, 9.17) is 5.73 Å². The van der Waals surface area contributed by atoms with Crippen molar-refractivity contribution in [2.45, 2.75) is 77.9 Å². The number of aromatic nitrogens is 1. The Morgan fingerprint density at radius 3 is 2.06 bits per heavy atom. The zero-order valence-corrected chi connectivity index (χ0v) is 18.8. The molecule has 8 heteroatoms. The molecule has 1 aromatic heterocycles. The number of carboxylic acid groups (broad SMARTS) is 1. The second-order valence-electron chi connectivity index (χ2n) is 8.19. The maximum absolute atomic E-state index is 12.9. The van der Waals surface area contributed by atoms with Crippen molar-refractivity contribution in [2.75, 3.05) is 0 Å². The van der Waals surface area contributed by atoms with E-state index >= 15 is 0 Å². The Balaban J connectivity index is 0.000000534. The highest BCUT2D eigenvalue weighted by atomic mass is 19.4. The minimum absolute atomic E-state index is 0.188. The number of nitrogens with two attached hydrogens (primary N) is 1.